The Balaban J connectivity index is 0.00000169. The van der Waals surface area contributed by atoms with Crippen LogP contribution in [0.2, 0.25) is 0 Å². The van der Waals surface area contributed by atoms with Crippen LogP contribution < -0.4 is 34.7 Å². The van der Waals surface area contributed by atoms with Crippen LogP contribution in [-0.2, 0) is 4.74 Å². The molecule has 0 aromatic rings. The third-order valence-electron chi connectivity index (χ3n) is 1.83. The number of hydrogen-bond donors (Lipinski definition) is 0. The van der Waals surface area contributed by atoms with Gasteiger partial charge >= 0.3 is 35.7 Å². The van der Waals surface area contributed by atoms with Crippen molar-refractivity contribution in [2.45, 2.75) is 39.7 Å². The molecule has 0 aliphatic carbocycles. The molecule has 1 amide bonds. The Kier molecular flexibility index (Phi) is 4.19. The molecule has 0 aromatic heterocycles. The van der Waals surface area contributed by atoms with Crippen molar-refractivity contribution >= 4 is 12.0 Å². The van der Waals surface area contributed by atoms with Gasteiger partial charge < -0.3 is 9.84 Å². The average molecular weight is 207 g/mol. The van der Waals surface area contributed by atoms with Crippen LogP contribution in [0.5, 0.6) is 0 Å². The second kappa shape index (κ2) is 4.21. The summed E-state index contributed by atoms with van der Waals surface area (Å²) in [6, 6.07) is 0. The minimum absolute atomic E-state index is 0. The van der Waals surface area contributed by atoms with E-state index in [9.17, 15) is 9.90 Å². The first-order valence-corrected chi connectivity index (χ1v) is 4.22. The fourth-order valence-corrected chi connectivity index (χ4v) is 1.58. The quantitative estimate of drug-likeness (QED) is 0.472. The standard InChI is InChI=1S/C9H15NO3.Na/c1-8(2,3)5-9(4)6(11)10-7(12)13-9;/h5H2,1-4H3,(H,10,11,12);/q;+1/p-1. The number of amides is 1. The molecule has 0 saturated carbocycles. The molecule has 0 bridgehead atoms. The molecule has 74 valence electrons. The summed E-state index contributed by atoms with van der Waals surface area (Å²) >= 11 is 0. The summed E-state index contributed by atoms with van der Waals surface area (Å²) in [6.07, 6.45) is -0.273. The van der Waals surface area contributed by atoms with Crippen LogP contribution in [0.4, 0.5) is 4.79 Å². The minimum Gasteiger partial charge on any atom is -0.859 e. The van der Waals surface area contributed by atoms with E-state index in [0.717, 1.165) is 0 Å². The predicted octanol–water partition coefficient (Wildman–Crippen LogP) is -1.91. The molecule has 0 N–H and O–H groups in total. The van der Waals surface area contributed by atoms with Gasteiger partial charge in [-0.2, -0.15) is 4.99 Å². The first-order valence-electron chi connectivity index (χ1n) is 4.22. The third-order valence-corrected chi connectivity index (χ3v) is 1.83. The Hall–Kier alpha value is -0.0600. The summed E-state index contributed by atoms with van der Waals surface area (Å²) in [4.78, 5) is 14.0. The van der Waals surface area contributed by atoms with Crippen LogP contribution in [0, 0.1) is 5.41 Å². The van der Waals surface area contributed by atoms with Crippen molar-refractivity contribution in [2.24, 2.45) is 10.4 Å². The van der Waals surface area contributed by atoms with Gasteiger partial charge in [-0.3, -0.25) is 0 Å². The van der Waals surface area contributed by atoms with E-state index in [1.165, 1.54) is 0 Å². The van der Waals surface area contributed by atoms with Crippen LogP contribution in [0.25, 0.3) is 0 Å². The summed E-state index contributed by atoms with van der Waals surface area (Å²) < 4.78 is 4.88. The normalized spacial score (nSPS) is 26.6. The zero-order chi connectivity index (χ0) is 10.3. The predicted molar refractivity (Wildman–Crippen MR) is 46.4 cm³/mol. The first kappa shape index (κ1) is 13.9. The number of cyclic esters (lactones) is 1. The van der Waals surface area contributed by atoms with Gasteiger partial charge in [0, 0.05) is 5.90 Å². The molecule has 0 saturated heterocycles. The summed E-state index contributed by atoms with van der Waals surface area (Å²) in [5.74, 6) is -0.465. The van der Waals surface area contributed by atoms with Crippen molar-refractivity contribution < 1.29 is 44.2 Å². The Bertz CT molecular complexity index is 270. The van der Waals surface area contributed by atoms with E-state index in [-0.39, 0.29) is 35.0 Å². The van der Waals surface area contributed by atoms with Crippen LogP contribution in [-0.4, -0.2) is 17.6 Å². The second-order valence-corrected chi connectivity index (χ2v) is 4.75. The van der Waals surface area contributed by atoms with Crippen LogP contribution >= 0.6 is 0 Å². The van der Waals surface area contributed by atoms with Crippen LogP contribution in [0.15, 0.2) is 4.99 Å². The van der Waals surface area contributed by atoms with E-state index in [1.54, 1.807) is 6.92 Å². The number of carbonyl (C=O) groups excluding carboxylic acids is 1. The van der Waals surface area contributed by atoms with Gasteiger partial charge in [0.1, 0.15) is 5.60 Å². The first-order chi connectivity index (χ1) is 5.73. The van der Waals surface area contributed by atoms with Gasteiger partial charge in [0.15, 0.2) is 0 Å². The Labute approximate surface area is 106 Å². The number of hydrogen-bond acceptors (Lipinski definition) is 3. The monoisotopic (exact) mass is 207 g/mol. The van der Waals surface area contributed by atoms with Gasteiger partial charge in [-0.05, 0) is 18.8 Å². The SMILES string of the molecule is CC(C)(C)CC1(C)OC(=O)N=C1[O-].[Na+]. The number of nitrogens with zero attached hydrogens (tertiary/aromatic N) is 1. The molecule has 0 spiro atoms. The minimum atomic E-state index is -1.05. The summed E-state index contributed by atoms with van der Waals surface area (Å²) in [5, 5.41) is 11.3. The van der Waals surface area contributed by atoms with Crippen molar-refractivity contribution in [1.29, 1.82) is 0 Å². The molecular formula is C9H14NNaO3. The van der Waals surface area contributed by atoms with E-state index in [0.29, 0.717) is 6.42 Å². The fraction of sp³-hybridized carbons (Fsp3) is 0.778. The molecule has 0 radical (unpaired) electrons. The zero-order valence-electron chi connectivity index (χ0n) is 9.38. The van der Waals surface area contributed by atoms with Gasteiger partial charge in [0.05, 0.1) is 0 Å². The van der Waals surface area contributed by atoms with Crippen molar-refractivity contribution in [3.8, 4) is 0 Å². The number of aliphatic imine (C=N–C) groups is 1. The van der Waals surface area contributed by atoms with Crippen molar-refractivity contribution in [3.63, 3.8) is 0 Å². The van der Waals surface area contributed by atoms with E-state index in [2.05, 4.69) is 4.99 Å². The maximum absolute atomic E-state index is 11.3. The van der Waals surface area contributed by atoms with Crippen molar-refractivity contribution in [3.05, 3.63) is 0 Å². The molecule has 0 fully saturated rings. The van der Waals surface area contributed by atoms with E-state index in [4.69, 9.17) is 4.74 Å². The molecule has 1 aliphatic rings. The van der Waals surface area contributed by atoms with E-state index < -0.39 is 17.6 Å². The van der Waals surface area contributed by atoms with Gasteiger partial charge in [0.25, 0.3) is 0 Å². The molecule has 4 nitrogen and oxygen atoms in total. The number of ether oxygens (including phenoxy) is 1. The van der Waals surface area contributed by atoms with Gasteiger partial charge in [0.2, 0.25) is 0 Å². The van der Waals surface area contributed by atoms with Gasteiger partial charge in [-0.1, -0.05) is 20.8 Å². The molecule has 1 atom stereocenters. The number of rotatable bonds is 1. The van der Waals surface area contributed by atoms with Crippen LogP contribution in [0.3, 0.4) is 0 Å². The molecule has 0 aromatic carbocycles. The summed E-state index contributed by atoms with van der Waals surface area (Å²) in [5.41, 5.74) is -1.11. The van der Waals surface area contributed by atoms with Crippen LogP contribution in [0.1, 0.15) is 34.1 Å². The molecule has 1 heterocycles. The largest absolute Gasteiger partial charge is 1.00 e. The molecule has 5 heteroatoms. The number of carbonyl (C=O) groups is 1. The molecular weight excluding hydrogens is 193 g/mol. The molecule has 1 unspecified atom stereocenters. The Morgan fingerprint density at radius 2 is 2.00 bits per heavy atom. The van der Waals surface area contributed by atoms with Gasteiger partial charge in [-0.15, -0.1) is 0 Å². The average Bonchev–Trinajstić information content (AvgIpc) is 2.00. The van der Waals surface area contributed by atoms with Gasteiger partial charge in [-0.25, -0.2) is 4.79 Å². The van der Waals surface area contributed by atoms with E-state index in [1.807, 2.05) is 20.8 Å². The molecule has 1 aliphatic heterocycles. The Morgan fingerprint density at radius 3 is 2.29 bits per heavy atom. The zero-order valence-corrected chi connectivity index (χ0v) is 11.4. The third kappa shape index (κ3) is 3.26. The molecule has 14 heavy (non-hydrogen) atoms. The second-order valence-electron chi connectivity index (χ2n) is 4.75. The maximum Gasteiger partial charge on any atom is 1.00 e. The van der Waals surface area contributed by atoms with Crippen molar-refractivity contribution in [2.75, 3.05) is 0 Å². The summed E-state index contributed by atoms with van der Waals surface area (Å²) in [7, 11) is 0. The molecule has 1 rings (SSSR count). The smallest absolute Gasteiger partial charge is 0.859 e. The van der Waals surface area contributed by atoms with E-state index >= 15 is 0 Å². The topological polar surface area (TPSA) is 61.7 Å². The Morgan fingerprint density at radius 1 is 1.50 bits per heavy atom. The van der Waals surface area contributed by atoms with Crippen molar-refractivity contribution in [1.82, 2.24) is 0 Å². The fourth-order valence-electron chi connectivity index (χ4n) is 1.58. The maximum atomic E-state index is 11.3. The summed E-state index contributed by atoms with van der Waals surface area (Å²) in [6.45, 7) is 7.56.